The van der Waals surface area contributed by atoms with Crippen molar-refractivity contribution in [1.82, 2.24) is 19.5 Å². The van der Waals surface area contributed by atoms with E-state index < -0.39 is 17.7 Å². The molecule has 3 aromatic rings. The molecule has 0 aliphatic heterocycles. The molecule has 1 aliphatic carbocycles. The number of imidazole rings is 1. The zero-order chi connectivity index (χ0) is 25.3. The Hall–Kier alpha value is -3.37. The van der Waals surface area contributed by atoms with Crippen LogP contribution in [0.1, 0.15) is 61.3 Å². The highest BCUT2D eigenvalue weighted by Crippen LogP contribution is 2.34. The van der Waals surface area contributed by atoms with E-state index in [1.807, 2.05) is 30.4 Å². The molecule has 8 nitrogen and oxygen atoms in total. The van der Waals surface area contributed by atoms with Gasteiger partial charge < -0.3 is 19.9 Å². The van der Waals surface area contributed by atoms with Gasteiger partial charge in [-0.1, -0.05) is 25.5 Å². The number of rotatable bonds is 9. The van der Waals surface area contributed by atoms with Crippen molar-refractivity contribution in [3.05, 3.63) is 41.2 Å². The fourth-order valence-electron chi connectivity index (χ4n) is 4.35. The monoisotopic (exact) mass is 490 g/mol. The van der Waals surface area contributed by atoms with Crippen LogP contribution in [0.2, 0.25) is 0 Å². The van der Waals surface area contributed by atoms with Crippen molar-refractivity contribution in [2.45, 2.75) is 58.3 Å². The lowest BCUT2D eigenvalue weighted by Gasteiger charge is -2.32. The minimum absolute atomic E-state index is 0.0646. The molecule has 35 heavy (non-hydrogen) atoms. The van der Waals surface area contributed by atoms with Crippen LogP contribution in [0.3, 0.4) is 0 Å². The van der Waals surface area contributed by atoms with E-state index >= 15 is 0 Å². The standard InChI is InChI=1S/C24H29F3N6O2/c1-4-12-32(3)23-31-20-18(33(23)13-15-8-10-17(11-9-15)24(25,26)27)19(29-21(30-20)22(34)35)28-14(2)16-6-5-7-16/h8-11,14,16H,4-7,12-13H2,1-3H3,(H,34,35)(H,28,29,30)/t14-/m1/s1. The average molecular weight is 491 g/mol. The molecule has 1 atom stereocenters. The van der Waals surface area contributed by atoms with Crippen LogP contribution in [0.5, 0.6) is 0 Å². The van der Waals surface area contributed by atoms with Crippen LogP contribution in [0, 0.1) is 5.92 Å². The van der Waals surface area contributed by atoms with E-state index in [9.17, 15) is 23.1 Å². The summed E-state index contributed by atoms with van der Waals surface area (Å²) in [5.41, 5.74) is 0.680. The molecule has 0 radical (unpaired) electrons. The van der Waals surface area contributed by atoms with Gasteiger partial charge in [0, 0.05) is 19.6 Å². The Balaban J connectivity index is 1.83. The number of fused-ring (bicyclic) bond motifs is 1. The molecule has 4 rings (SSSR count). The Labute approximate surface area is 201 Å². The third kappa shape index (κ3) is 5.18. The fraction of sp³-hybridized carbons (Fsp3) is 0.500. The molecule has 1 fully saturated rings. The van der Waals surface area contributed by atoms with Gasteiger partial charge in [0.2, 0.25) is 11.8 Å². The van der Waals surface area contributed by atoms with Gasteiger partial charge in [-0.2, -0.15) is 18.2 Å². The topological polar surface area (TPSA) is 96.2 Å². The van der Waals surface area contributed by atoms with Crippen LogP contribution in [-0.2, 0) is 12.7 Å². The fourth-order valence-corrected chi connectivity index (χ4v) is 4.35. The summed E-state index contributed by atoms with van der Waals surface area (Å²) in [5.74, 6) is -0.251. The van der Waals surface area contributed by atoms with Crippen LogP contribution < -0.4 is 10.2 Å². The highest BCUT2D eigenvalue weighted by molar-refractivity contribution is 5.91. The van der Waals surface area contributed by atoms with E-state index in [1.54, 1.807) is 0 Å². The number of aromatic carboxylic acids is 1. The van der Waals surface area contributed by atoms with Crippen molar-refractivity contribution in [3.8, 4) is 0 Å². The summed E-state index contributed by atoms with van der Waals surface area (Å²) in [5, 5.41) is 13.0. The first-order chi connectivity index (χ1) is 16.6. The molecule has 0 saturated heterocycles. The lowest BCUT2D eigenvalue weighted by molar-refractivity contribution is -0.137. The van der Waals surface area contributed by atoms with Gasteiger partial charge in [-0.15, -0.1) is 0 Å². The number of hydrogen-bond donors (Lipinski definition) is 2. The molecule has 2 N–H and O–H groups in total. The molecule has 1 saturated carbocycles. The minimum Gasteiger partial charge on any atom is -0.475 e. The first-order valence-corrected chi connectivity index (χ1v) is 11.7. The Bertz CT molecular complexity index is 1200. The summed E-state index contributed by atoms with van der Waals surface area (Å²) < 4.78 is 41.0. The number of anilines is 2. The van der Waals surface area contributed by atoms with E-state index in [-0.39, 0.29) is 24.1 Å². The van der Waals surface area contributed by atoms with Crippen LogP contribution in [-0.4, -0.2) is 50.2 Å². The van der Waals surface area contributed by atoms with E-state index in [2.05, 4.69) is 20.3 Å². The molecule has 188 valence electrons. The second-order valence-electron chi connectivity index (χ2n) is 9.11. The van der Waals surface area contributed by atoms with Gasteiger partial charge in [-0.3, -0.25) is 0 Å². The molecule has 0 unspecified atom stereocenters. The van der Waals surface area contributed by atoms with Gasteiger partial charge in [0.05, 0.1) is 12.1 Å². The van der Waals surface area contributed by atoms with Gasteiger partial charge in [0.15, 0.2) is 11.5 Å². The zero-order valence-corrected chi connectivity index (χ0v) is 19.9. The van der Waals surface area contributed by atoms with E-state index in [4.69, 9.17) is 0 Å². The highest BCUT2D eigenvalue weighted by Gasteiger charge is 2.30. The first-order valence-electron chi connectivity index (χ1n) is 11.7. The van der Waals surface area contributed by atoms with Gasteiger partial charge in [0.1, 0.15) is 5.52 Å². The Morgan fingerprint density at radius 2 is 1.91 bits per heavy atom. The second-order valence-corrected chi connectivity index (χ2v) is 9.11. The molecular weight excluding hydrogens is 461 g/mol. The number of hydrogen-bond acceptors (Lipinski definition) is 6. The van der Waals surface area contributed by atoms with Crippen molar-refractivity contribution in [2.24, 2.45) is 5.92 Å². The van der Waals surface area contributed by atoms with Crippen molar-refractivity contribution >= 4 is 28.9 Å². The van der Waals surface area contributed by atoms with Crippen LogP contribution >= 0.6 is 0 Å². The second kappa shape index (κ2) is 9.71. The molecule has 1 aromatic carbocycles. The molecular formula is C24H29F3N6O2. The number of nitrogens with one attached hydrogen (secondary N) is 1. The van der Waals surface area contributed by atoms with E-state index in [0.29, 0.717) is 35.3 Å². The maximum absolute atomic E-state index is 13.0. The summed E-state index contributed by atoms with van der Waals surface area (Å²) >= 11 is 0. The number of halogens is 3. The lowest BCUT2D eigenvalue weighted by Crippen LogP contribution is -2.31. The third-order valence-corrected chi connectivity index (χ3v) is 6.52. The third-order valence-electron chi connectivity index (χ3n) is 6.52. The number of carboxylic acid groups (broad SMARTS) is 1. The Kier molecular flexibility index (Phi) is 6.86. The largest absolute Gasteiger partial charge is 0.475 e. The number of aromatic nitrogens is 4. The summed E-state index contributed by atoms with van der Waals surface area (Å²) in [6.07, 6.45) is -0.237. The van der Waals surface area contributed by atoms with Crippen LogP contribution in [0.4, 0.5) is 24.9 Å². The highest BCUT2D eigenvalue weighted by atomic mass is 19.4. The molecule has 11 heteroatoms. The van der Waals surface area contributed by atoms with Gasteiger partial charge >= 0.3 is 12.1 Å². The maximum atomic E-state index is 13.0. The quantitative estimate of drug-likeness (QED) is 0.434. The first kappa shape index (κ1) is 24.7. The van der Waals surface area contributed by atoms with E-state index in [0.717, 1.165) is 37.8 Å². The van der Waals surface area contributed by atoms with E-state index in [1.165, 1.54) is 12.1 Å². The van der Waals surface area contributed by atoms with Crippen molar-refractivity contribution in [3.63, 3.8) is 0 Å². The summed E-state index contributed by atoms with van der Waals surface area (Å²) in [6.45, 7) is 4.96. The number of carboxylic acids is 1. The summed E-state index contributed by atoms with van der Waals surface area (Å²) in [6, 6.07) is 5.06. The van der Waals surface area contributed by atoms with Gasteiger partial charge in [-0.25, -0.2) is 14.8 Å². The maximum Gasteiger partial charge on any atom is 0.416 e. The summed E-state index contributed by atoms with van der Waals surface area (Å²) in [7, 11) is 1.86. The predicted octanol–water partition coefficient (Wildman–Crippen LogP) is 5.04. The van der Waals surface area contributed by atoms with Crippen molar-refractivity contribution < 1.29 is 23.1 Å². The number of benzene rings is 1. The number of alkyl halides is 3. The van der Waals surface area contributed by atoms with Gasteiger partial charge in [-0.05, 0) is 49.8 Å². The van der Waals surface area contributed by atoms with Crippen molar-refractivity contribution in [1.29, 1.82) is 0 Å². The molecule has 1 aliphatic rings. The molecule has 0 spiro atoms. The predicted molar refractivity (Wildman–Crippen MR) is 127 cm³/mol. The van der Waals surface area contributed by atoms with Crippen LogP contribution in [0.25, 0.3) is 11.2 Å². The van der Waals surface area contributed by atoms with Crippen molar-refractivity contribution in [2.75, 3.05) is 23.8 Å². The smallest absolute Gasteiger partial charge is 0.416 e. The van der Waals surface area contributed by atoms with Gasteiger partial charge in [0.25, 0.3) is 0 Å². The SMILES string of the molecule is CCCN(C)c1nc2nc(C(=O)O)nc(N[C@H](C)C3CCC3)c2n1Cc1ccc(C(F)(F)F)cc1. The Morgan fingerprint density at radius 1 is 1.23 bits per heavy atom. The zero-order valence-electron chi connectivity index (χ0n) is 19.9. The molecule has 2 aromatic heterocycles. The summed E-state index contributed by atoms with van der Waals surface area (Å²) in [4.78, 5) is 26.8. The normalized spacial score (nSPS) is 15.1. The molecule has 0 amide bonds. The lowest BCUT2D eigenvalue weighted by atomic mass is 9.80. The average Bonchev–Trinajstić information content (AvgIpc) is 3.11. The Morgan fingerprint density at radius 3 is 2.46 bits per heavy atom. The minimum atomic E-state index is -4.41. The van der Waals surface area contributed by atoms with Crippen LogP contribution in [0.15, 0.2) is 24.3 Å². The number of nitrogens with zero attached hydrogens (tertiary/aromatic N) is 5. The molecule has 0 bridgehead atoms. The molecule has 2 heterocycles. The number of carbonyl (C=O) groups is 1.